The molecule has 1 unspecified atom stereocenters. The summed E-state index contributed by atoms with van der Waals surface area (Å²) in [4.78, 5) is 25.0. The van der Waals surface area contributed by atoms with Crippen LogP contribution in [0.5, 0.6) is 0 Å². The first-order chi connectivity index (χ1) is 8.65. The maximum atomic E-state index is 11.7. The number of rotatable bonds is 3. The smallest absolute Gasteiger partial charge is 0.249 e. The molecule has 0 bridgehead atoms. The van der Waals surface area contributed by atoms with Crippen LogP contribution in [0.2, 0.25) is 0 Å². The predicted molar refractivity (Wildman–Crippen MR) is 66.9 cm³/mol. The standard InChI is InChI=1S/C13H16N2O3/c1-2-11-13(18)14-12(17)7-15(11)10-5-3-9(8-16)4-6-10/h3-6,11,16H,2,7-8H2,1H3,(H,14,17,18). The Morgan fingerprint density at radius 3 is 2.56 bits per heavy atom. The van der Waals surface area contributed by atoms with Gasteiger partial charge in [-0.15, -0.1) is 0 Å². The second-order valence-corrected chi connectivity index (χ2v) is 4.29. The Labute approximate surface area is 105 Å². The zero-order valence-electron chi connectivity index (χ0n) is 10.2. The van der Waals surface area contributed by atoms with Crippen LogP contribution in [0.1, 0.15) is 18.9 Å². The number of aliphatic hydroxyl groups excluding tert-OH is 1. The van der Waals surface area contributed by atoms with E-state index in [4.69, 9.17) is 5.11 Å². The summed E-state index contributed by atoms with van der Waals surface area (Å²) in [6, 6.07) is 6.90. The Hall–Kier alpha value is -1.88. The highest BCUT2D eigenvalue weighted by Gasteiger charge is 2.32. The van der Waals surface area contributed by atoms with Gasteiger partial charge in [-0.3, -0.25) is 14.9 Å². The van der Waals surface area contributed by atoms with Crippen molar-refractivity contribution in [3.05, 3.63) is 29.8 Å². The number of benzene rings is 1. The van der Waals surface area contributed by atoms with Gasteiger partial charge in [0.25, 0.3) is 0 Å². The Kier molecular flexibility index (Phi) is 3.62. The number of nitrogens with one attached hydrogen (secondary N) is 1. The highest BCUT2D eigenvalue weighted by atomic mass is 16.3. The number of hydrogen-bond donors (Lipinski definition) is 2. The van der Waals surface area contributed by atoms with Crippen LogP contribution in [0, 0.1) is 0 Å². The maximum Gasteiger partial charge on any atom is 0.249 e. The molecular weight excluding hydrogens is 232 g/mol. The molecule has 0 spiro atoms. The molecule has 1 saturated heterocycles. The molecule has 1 aliphatic rings. The van der Waals surface area contributed by atoms with Crippen LogP contribution >= 0.6 is 0 Å². The first-order valence-corrected chi connectivity index (χ1v) is 5.96. The van der Waals surface area contributed by atoms with Crippen molar-refractivity contribution >= 4 is 17.5 Å². The van der Waals surface area contributed by atoms with E-state index in [1.165, 1.54) is 0 Å². The monoisotopic (exact) mass is 248 g/mol. The molecule has 1 heterocycles. The number of piperazine rings is 1. The van der Waals surface area contributed by atoms with Gasteiger partial charge in [-0.1, -0.05) is 19.1 Å². The van der Waals surface area contributed by atoms with Crippen LogP contribution in [-0.4, -0.2) is 29.5 Å². The molecule has 1 aromatic rings. The fourth-order valence-corrected chi connectivity index (χ4v) is 2.14. The summed E-state index contributed by atoms with van der Waals surface area (Å²) in [7, 11) is 0. The molecule has 2 rings (SSSR count). The van der Waals surface area contributed by atoms with Gasteiger partial charge < -0.3 is 10.0 Å². The van der Waals surface area contributed by atoms with E-state index >= 15 is 0 Å². The van der Waals surface area contributed by atoms with Crippen molar-refractivity contribution < 1.29 is 14.7 Å². The van der Waals surface area contributed by atoms with Gasteiger partial charge in [0.2, 0.25) is 11.8 Å². The Balaban J connectivity index is 2.27. The Morgan fingerprint density at radius 2 is 2.00 bits per heavy atom. The summed E-state index contributed by atoms with van der Waals surface area (Å²) in [5.74, 6) is -0.532. The number of hydrogen-bond acceptors (Lipinski definition) is 4. The zero-order chi connectivity index (χ0) is 13.1. The quantitative estimate of drug-likeness (QED) is 0.761. The lowest BCUT2D eigenvalue weighted by molar-refractivity contribution is -0.132. The highest BCUT2D eigenvalue weighted by Crippen LogP contribution is 2.21. The van der Waals surface area contributed by atoms with Crippen molar-refractivity contribution in [3.63, 3.8) is 0 Å². The lowest BCUT2D eigenvalue weighted by Gasteiger charge is -2.35. The zero-order valence-corrected chi connectivity index (χ0v) is 10.2. The number of carbonyl (C=O) groups is 2. The molecule has 2 N–H and O–H groups in total. The van der Waals surface area contributed by atoms with Crippen LogP contribution in [-0.2, 0) is 16.2 Å². The molecule has 0 aliphatic carbocycles. The summed E-state index contributed by atoms with van der Waals surface area (Å²) >= 11 is 0. The lowest BCUT2D eigenvalue weighted by Crippen LogP contribution is -2.58. The Bertz CT molecular complexity index is 456. The number of nitrogens with zero attached hydrogens (tertiary/aromatic N) is 1. The highest BCUT2D eigenvalue weighted by molar-refractivity contribution is 6.04. The topological polar surface area (TPSA) is 69.6 Å². The van der Waals surface area contributed by atoms with Gasteiger partial charge in [0, 0.05) is 5.69 Å². The van der Waals surface area contributed by atoms with E-state index in [0.717, 1.165) is 11.3 Å². The second-order valence-electron chi connectivity index (χ2n) is 4.29. The minimum atomic E-state index is -0.317. The van der Waals surface area contributed by atoms with Crippen LogP contribution in [0.4, 0.5) is 5.69 Å². The second kappa shape index (κ2) is 5.18. The van der Waals surface area contributed by atoms with E-state index in [-0.39, 0.29) is 31.0 Å². The molecule has 0 aromatic heterocycles. The van der Waals surface area contributed by atoms with E-state index < -0.39 is 0 Å². The van der Waals surface area contributed by atoms with E-state index in [9.17, 15) is 9.59 Å². The van der Waals surface area contributed by atoms with Crippen LogP contribution in [0.15, 0.2) is 24.3 Å². The molecule has 1 fully saturated rings. The first-order valence-electron chi connectivity index (χ1n) is 5.96. The Morgan fingerprint density at radius 1 is 1.33 bits per heavy atom. The molecule has 5 heteroatoms. The largest absolute Gasteiger partial charge is 0.392 e. The van der Waals surface area contributed by atoms with E-state index in [1.807, 2.05) is 19.1 Å². The van der Waals surface area contributed by atoms with Crippen molar-refractivity contribution in [1.82, 2.24) is 5.32 Å². The van der Waals surface area contributed by atoms with Gasteiger partial charge in [-0.25, -0.2) is 0 Å². The fraction of sp³-hybridized carbons (Fsp3) is 0.385. The molecule has 2 amide bonds. The van der Waals surface area contributed by atoms with Crippen molar-refractivity contribution in [2.24, 2.45) is 0 Å². The predicted octanol–water partition coefficient (Wildman–Crippen LogP) is 0.420. The average Bonchev–Trinajstić information content (AvgIpc) is 2.38. The minimum Gasteiger partial charge on any atom is -0.392 e. The van der Waals surface area contributed by atoms with Gasteiger partial charge >= 0.3 is 0 Å². The van der Waals surface area contributed by atoms with Crippen LogP contribution < -0.4 is 10.2 Å². The summed E-state index contributed by atoms with van der Waals surface area (Å²) in [5, 5.41) is 11.3. The third-order valence-electron chi connectivity index (χ3n) is 3.09. The number of aliphatic hydroxyl groups is 1. The van der Waals surface area contributed by atoms with Crippen molar-refractivity contribution in [1.29, 1.82) is 0 Å². The first kappa shape index (κ1) is 12.6. The third-order valence-corrected chi connectivity index (χ3v) is 3.09. The van der Waals surface area contributed by atoms with E-state index in [2.05, 4.69) is 5.32 Å². The molecule has 0 saturated carbocycles. The molecule has 0 radical (unpaired) electrons. The van der Waals surface area contributed by atoms with Gasteiger partial charge in [-0.2, -0.15) is 0 Å². The van der Waals surface area contributed by atoms with Crippen LogP contribution in [0.25, 0.3) is 0 Å². The lowest BCUT2D eigenvalue weighted by atomic mass is 10.1. The number of carbonyl (C=O) groups excluding carboxylic acids is 2. The minimum absolute atomic E-state index is 0.0170. The number of anilines is 1. The molecule has 18 heavy (non-hydrogen) atoms. The third kappa shape index (κ3) is 2.36. The number of imide groups is 1. The average molecular weight is 248 g/mol. The van der Waals surface area contributed by atoms with Gasteiger partial charge in [-0.05, 0) is 24.1 Å². The SMILES string of the molecule is CCC1C(=O)NC(=O)CN1c1ccc(CO)cc1. The summed E-state index contributed by atoms with van der Waals surface area (Å²) in [6.45, 7) is 2.08. The van der Waals surface area contributed by atoms with E-state index in [1.54, 1.807) is 17.0 Å². The normalized spacial score (nSPS) is 19.9. The summed E-state index contributed by atoms with van der Waals surface area (Å²) < 4.78 is 0. The molecular formula is C13H16N2O3. The molecule has 1 aliphatic heterocycles. The van der Waals surface area contributed by atoms with Crippen LogP contribution in [0.3, 0.4) is 0 Å². The summed E-state index contributed by atoms with van der Waals surface area (Å²) in [6.07, 6.45) is 0.640. The van der Waals surface area contributed by atoms with E-state index in [0.29, 0.717) is 6.42 Å². The summed E-state index contributed by atoms with van der Waals surface area (Å²) in [5.41, 5.74) is 1.63. The molecule has 1 atom stereocenters. The fourth-order valence-electron chi connectivity index (χ4n) is 2.14. The van der Waals surface area contributed by atoms with Crippen molar-refractivity contribution in [3.8, 4) is 0 Å². The van der Waals surface area contributed by atoms with Crippen molar-refractivity contribution in [2.45, 2.75) is 26.0 Å². The number of amides is 2. The molecule has 1 aromatic carbocycles. The maximum absolute atomic E-state index is 11.7. The van der Waals surface area contributed by atoms with Gasteiger partial charge in [0.05, 0.1) is 13.2 Å². The molecule has 5 nitrogen and oxygen atoms in total. The van der Waals surface area contributed by atoms with Crippen molar-refractivity contribution in [2.75, 3.05) is 11.4 Å². The van der Waals surface area contributed by atoms with Gasteiger partial charge in [0.1, 0.15) is 6.04 Å². The molecule has 96 valence electrons. The van der Waals surface area contributed by atoms with Gasteiger partial charge in [0.15, 0.2) is 0 Å².